The van der Waals surface area contributed by atoms with Gasteiger partial charge < -0.3 is 5.32 Å². The zero-order chi connectivity index (χ0) is 20.2. The molecule has 1 aromatic carbocycles. The van der Waals surface area contributed by atoms with Crippen LogP contribution in [0.25, 0.3) is 20.4 Å². The molecule has 4 heterocycles. The number of thiophene rings is 1. The molecule has 4 aromatic rings. The lowest BCUT2D eigenvalue weighted by atomic mass is 10.0. The molecule has 1 fully saturated rings. The van der Waals surface area contributed by atoms with Crippen LogP contribution in [0.4, 0.5) is 11.4 Å². The third kappa shape index (κ3) is 4.77. The Morgan fingerprint density at radius 2 is 2.00 bits per heavy atom. The van der Waals surface area contributed by atoms with E-state index in [-0.39, 0.29) is 0 Å². The lowest BCUT2D eigenvalue weighted by Gasteiger charge is -2.36. The quantitative estimate of drug-likeness (QED) is 0.387. The van der Waals surface area contributed by atoms with E-state index in [9.17, 15) is 0 Å². The second kappa shape index (κ2) is 9.20. The van der Waals surface area contributed by atoms with Gasteiger partial charge in [0.1, 0.15) is 4.83 Å². The van der Waals surface area contributed by atoms with Crippen LogP contribution < -0.4 is 5.32 Å². The van der Waals surface area contributed by atoms with Crippen LogP contribution in [0.2, 0.25) is 0 Å². The van der Waals surface area contributed by atoms with E-state index in [1.165, 1.54) is 30.5 Å². The highest BCUT2D eigenvalue weighted by atomic mass is 32.1. The molecule has 29 heavy (non-hydrogen) atoms. The maximum absolute atomic E-state index is 4.35. The Kier molecular flexibility index (Phi) is 6.43. The van der Waals surface area contributed by atoms with Crippen molar-refractivity contribution >= 4 is 54.5 Å². The normalized spacial score (nSPS) is 17.4. The van der Waals surface area contributed by atoms with Gasteiger partial charge in [0, 0.05) is 29.4 Å². The summed E-state index contributed by atoms with van der Waals surface area (Å²) in [4.78, 5) is 12.4. The molecule has 0 amide bonds. The Balaban J connectivity index is 0.000000174. The monoisotopic (exact) mass is 424 g/mol. The molecule has 1 aliphatic rings. The van der Waals surface area contributed by atoms with Crippen molar-refractivity contribution in [2.24, 2.45) is 0 Å². The highest BCUT2D eigenvalue weighted by Crippen LogP contribution is 2.29. The van der Waals surface area contributed by atoms with E-state index in [2.05, 4.69) is 70.6 Å². The van der Waals surface area contributed by atoms with Gasteiger partial charge in [-0.3, -0.25) is 4.90 Å². The van der Waals surface area contributed by atoms with Gasteiger partial charge in [-0.2, -0.15) is 0 Å². The number of anilines is 2. The van der Waals surface area contributed by atoms with E-state index in [4.69, 9.17) is 0 Å². The summed E-state index contributed by atoms with van der Waals surface area (Å²) in [5.41, 5.74) is 5.04. The highest BCUT2D eigenvalue weighted by Gasteiger charge is 2.19. The molecule has 1 saturated heterocycles. The molecule has 0 radical (unpaired) electrons. The Hall–Kier alpha value is -2.02. The van der Waals surface area contributed by atoms with Crippen molar-refractivity contribution < 1.29 is 0 Å². The fraction of sp³-hybridized carbons (Fsp3) is 0.391. The van der Waals surface area contributed by atoms with E-state index < -0.39 is 0 Å². The van der Waals surface area contributed by atoms with Gasteiger partial charge >= 0.3 is 0 Å². The summed E-state index contributed by atoms with van der Waals surface area (Å²) in [5.74, 6) is 0. The Morgan fingerprint density at radius 1 is 1.10 bits per heavy atom. The molecule has 0 saturated carbocycles. The number of hydrogen-bond acceptors (Lipinski definition) is 6. The molecular weight excluding hydrogens is 396 g/mol. The van der Waals surface area contributed by atoms with Crippen LogP contribution in [0, 0.1) is 0 Å². The third-order valence-electron chi connectivity index (χ3n) is 5.50. The van der Waals surface area contributed by atoms with Gasteiger partial charge in [-0.15, -0.1) is 22.7 Å². The molecule has 0 aliphatic carbocycles. The first-order valence-corrected chi connectivity index (χ1v) is 12.1. The average molecular weight is 425 g/mol. The SMILES string of the molecule is CC(C)N1CCCCC1C.c1cc(Nc2ccc3scnc3c2)c2ccsc2n1. The largest absolute Gasteiger partial charge is 0.355 e. The van der Waals surface area contributed by atoms with Crippen LogP contribution in [0.3, 0.4) is 0 Å². The van der Waals surface area contributed by atoms with Crippen molar-refractivity contribution in [3.8, 4) is 0 Å². The van der Waals surface area contributed by atoms with Crippen LogP contribution >= 0.6 is 22.7 Å². The molecule has 1 atom stereocenters. The predicted octanol–water partition coefficient (Wildman–Crippen LogP) is 6.92. The van der Waals surface area contributed by atoms with Crippen LogP contribution in [0.15, 0.2) is 47.4 Å². The maximum atomic E-state index is 4.35. The van der Waals surface area contributed by atoms with Crippen LogP contribution in [0.5, 0.6) is 0 Å². The zero-order valence-electron chi connectivity index (χ0n) is 17.3. The van der Waals surface area contributed by atoms with Crippen molar-refractivity contribution in [1.29, 1.82) is 0 Å². The number of nitrogens with one attached hydrogen (secondary N) is 1. The molecule has 1 unspecified atom stereocenters. The summed E-state index contributed by atoms with van der Waals surface area (Å²) in [7, 11) is 0. The first-order chi connectivity index (χ1) is 14.1. The minimum absolute atomic E-state index is 0.746. The van der Waals surface area contributed by atoms with Gasteiger partial charge in [0.2, 0.25) is 0 Å². The number of rotatable bonds is 3. The zero-order valence-corrected chi connectivity index (χ0v) is 18.9. The second-order valence-corrected chi connectivity index (χ2v) is 9.62. The number of pyridine rings is 1. The molecule has 1 aliphatic heterocycles. The van der Waals surface area contributed by atoms with E-state index >= 15 is 0 Å². The van der Waals surface area contributed by atoms with Crippen molar-refractivity contribution in [1.82, 2.24) is 14.9 Å². The summed E-state index contributed by atoms with van der Waals surface area (Å²) in [5, 5.41) is 6.67. The maximum Gasteiger partial charge on any atom is 0.125 e. The van der Waals surface area contributed by atoms with Crippen molar-refractivity contribution in [3.63, 3.8) is 0 Å². The van der Waals surface area contributed by atoms with Gasteiger partial charge in [0.15, 0.2) is 0 Å². The van der Waals surface area contributed by atoms with Crippen molar-refractivity contribution in [2.45, 2.75) is 52.1 Å². The molecule has 4 nitrogen and oxygen atoms in total. The van der Waals surface area contributed by atoms with Gasteiger partial charge in [0.25, 0.3) is 0 Å². The van der Waals surface area contributed by atoms with Crippen molar-refractivity contribution in [3.05, 3.63) is 47.4 Å². The summed E-state index contributed by atoms with van der Waals surface area (Å²) >= 11 is 3.31. The molecule has 5 rings (SSSR count). The summed E-state index contributed by atoms with van der Waals surface area (Å²) < 4.78 is 1.21. The Morgan fingerprint density at radius 3 is 2.79 bits per heavy atom. The van der Waals surface area contributed by atoms with Crippen molar-refractivity contribution in [2.75, 3.05) is 11.9 Å². The number of fused-ring (bicyclic) bond motifs is 2. The number of nitrogens with zero attached hydrogens (tertiary/aromatic N) is 3. The predicted molar refractivity (Wildman–Crippen MR) is 128 cm³/mol. The summed E-state index contributed by atoms with van der Waals surface area (Å²) in [6, 6.07) is 11.9. The number of piperidine rings is 1. The highest BCUT2D eigenvalue weighted by molar-refractivity contribution is 7.17. The molecule has 152 valence electrons. The van der Waals surface area contributed by atoms with E-state index in [1.807, 2.05) is 17.8 Å². The first kappa shape index (κ1) is 20.3. The topological polar surface area (TPSA) is 41.0 Å². The molecule has 0 spiro atoms. The fourth-order valence-corrected chi connectivity index (χ4v) is 5.38. The lowest BCUT2D eigenvalue weighted by Crippen LogP contribution is -2.41. The van der Waals surface area contributed by atoms with Gasteiger partial charge in [-0.05, 0) is 75.9 Å². The van der Waals surface area contributed by atoms with Gasteiger partial charge in [-0.1, -0.05) is 6.42 Å². The Bertz CT molecular complexity index is 1070. The smallest absolute Gasteiger partial charge is 0.125 e. The van der Waals surface area contributed by atoms with E-state index in [1.54, 1.807) is 22.7 Å². The molecule has 1 N–H and O–H groups in total. The van der Waals surface area contributed by atoms with Crippen LogP contribution in [0.1, 0.15) is 40.0 Å². The molecule has 3 aromatic heterocycles. The second-order valence-electron chi connectivity index (χ2n) is 7.83. The number of benzene rings is 1. The molecular formula is C23H28N4S2. The number of likely N-dealkylation sites (tertiary alicyclic amines) is 1. The van der Waals surface area contributed by atoms with Crippen LogP contribution in [-0.2, 0) is 0 Å². The summed E-state index contributed by atoms with van der Waals surface area (Å²) in [6.45, 7) is 8.25. The third-order valence-corrected chi connectivity index (χ3v) is 7.13. The average Bonchev–Trinajstić information content (AvgIpc) is 3.38. The van der Waals surface area contributed by atoms with E-state index in [0.29, 0.717) is 0 Å². The fourth-order valence-electron chi connectivity index (χ4n) is 3.96. The molecule has 6 heteroatoms. The number of aromatic nitrogens is 2. The van der Waals surface area contributed by atoms with E-state index in [0.717, 1.165) is 39.2 Å². The number of hydrogen-bond donors (Lipinski definition) is 1. The minimum Gasteiger partial charge on any atom is -0.355 e. The molecule has 0 bridgehead atoms. The van der Waals surface area contributed by atoms with Crippen LogP contribution in [-0.4, -0.2) is 33.5 Å². The first-order valence-electron chi connectivity index (χ1n) is 10.3. The minimum atomic E-state index is 0.746. The lowest BCUT2D eigenvalue weighted by molar-refractivity contribution is 0.123. The number of thiazole rings is 1. The van der Waals surface area contributed by atoms with Gasteiger partial charge in [-0.25, -0.2) is 9.97 Å². The standard InChI is InChI=1S/C14H9N3S2.C9H19N/c1-2-13-12(16-8-19-13)7-9(1)17-11-3-5-15-14-10(11)4-6-18-14;1-8(2)10-7-5-4-6-9(10)3/h1-8H,(H,15,17);8-9H,4-7H2,1-3H3. The van der Waals surface area contributed by atoms with Gasteiger partial charge in [0.05, 0.1) is 21.4 Å². The Labute approximate surface area is 180 Å². The summed E-state index contributed by atoms with van der Waals surface area (Å²) in [6.07, 6.45) is 6.08.